The van der Waals surface area contributed by atoms with Gasteiger partial charge in [0.05, 0.1) is 0 Å². The Bertz CT molecular complexity index is 3020. The van der Waals surface area contributed by atoms with E-state index in [0.29, 0.717) is 0 Å². The van der Waals surface area contributed by atoms with E-state index in [9.17, 15) is 86.6 Å². The Morgan fingerprint density at radius 3 is 0.479 bits per heavy atom. The van der Waals surface area contributed by atoms with Crippen molar-refractivity contribution in [2.75, 3.05) is 0 Å². The molecule has 0 heterocycles. The highest BCUT2D eigenvalue weighted by molar-refractivity contribution is 6.03. The van der Waals surface area contributed by atoms with Gasteiger partial charge in [0.15, 0.2) is 0 Å². The average molecular weight is 1370 g/mol. The zero-order chi connectivity index (χ0) is 76.0. The second-order valence-corrected chi connectivity index (χ2v) is 29.0. The third kappa shape index (κ3) is 27.3. The molecule has 0 aliphatic carbocycles. The van der Waals surface area contributed by atoms with Crippen LogP contribution in [0, 0.1) is 0 Å². The smallest absolute Gasteiger partial charge is 0.408 e. The van der Waals surface area contributed by atoms with Crippen molar-refractivity contribution in [1.29, 1.82) is 0 Å². The second-order valence-electron chi connectivity index (χ2n) is 29.0. The lowest BCUT2D eigenvalue weighted by Crippen LogP contribution is -2.65. The normalized spacial score (nSPS) is 14.8. The number of carboxylic acids is 1. The molecular formula is C61H106N16O19. The predicted molar refractivity (Wildman–Crippen MR) is 347 cm³/mol. The van der Waals surface area contributed by atoms with E-state index in [1.54, 1.807) is 20.8 Å². The maximum atomic E-state index is 13.5. The van der Waals surface area contributed by atoms with Crippen LogP contribution in [0.15, 0.2) is 0 Å². The lowest BCUT2D eigenvalue weighted by Gasteiger charge is -2.32. The highest BCUT2D eigenvalue weighted by atomic mass is 16.6. The summed E-state index contributed by atoms with van der Waals surface area (Å²) < 4.78 is 5.15. The van der Waals surface area contributed by atoms with Gasteiger partial charge in [-0.15, -0.1) is 0 Å². The van der Waals surface area contributed by atoms with Crippen LogP contribution in [0.2, 0.25) is 0 Å². The fourth-order valence-corrected chi connectivity index (χ4v) is 7.43. The number of ether oxygens (including phenoxy) is 1. The zero-order valence-corrected chi connectivity index (χ0v) is 60.4. The summed E-state index contributed by atoms with van der Waals surface area (Å²) in [6.07, 6.45) is -0.856. The van der Waals surface area contributed by atoms with Crippen LogP contribution in [-0.4, -0.2) is 204 Å². The van der Waals surface area contributed by atoms with Gasteiger partial charge >= 0.3 is 12.1 Å². The van der Waals surface area contributed by atoms with Crippen molar-refractivity contribution >= 4 is 101 Å². The van der Waals surface area contributed by atoms with E-state index in [4.69, 9.17) is 4.74 Å². The highest BCUT2D eigenvalue weighted by Crippen LogP contribution is 2.14. The molecule has 35 heteroatoms. The number of hydrogen-bond donors (Lipinski definition) is 17. The highest BCUT2D eigenvalue weighted by Gasteiger charge is 2.43. The molecule has 0 aliphatic heterocycles. The summed E-state index contributed by atoms with van der Waals surface area (Å²) in [5, 5.41) is 48.4. The summed E-state index contributed by atoms with van der Waals surface area (Å²) in [6.45, 7) is 36.3. The van der Waals surface area contributed by atoms with Crippen LogP contribution in [0.3, 0.4) is 0 Å². The molecule has 0 aromatic heterocycles. The number of aliphatic carboxylic acids is 1. The molecule has 0 aromatic rings. The molecule has 16 amide bonds. The van der Waals surface area contributed by atoms with Gasteiger partial charge in [0, 0.05) is 0 Å². The van der Waals surface area contributed by atoms with Crippen LogP contribution in [-0.2, 0) is 81.4 Å². The Hall–Kier alpha value is -9.21. The van der Waals surface area contributed by atoms with E-state index in [1.807, 2.05) is 0 Å². The average Bonchev–Trinajstić information content (AvgIpc) is 0.847. The van der Waals surface area contributed by atoms with Crippen LogP contribution in [0.25, 0.3) is 0 Å². The first kappa shape index (κ1) is 86.8. The van der Waals surface area contributed by atoms with Gasteiger partial charge in [0.2, 0.25) is 88.6 Å². The molecule has 0 fully saturated rings. The van der Waals surface area contributed by atoms with Crippen molar-refractivity contribution < 1.29 is 91.4 Å². The second kappa shape index (κ2) is 33.0. The molecule has 17 N–H and O–H groups in total. The van der Waals surface area contributed by atoms with Gasteiger partial charge in [-0.05, 0) is 187 Å². The summed E-state index contributed by atoms with van der Waals surface area (Å²) in [4.78, 5) is 222. The molecule has 96 heavy (non-hydrogen) atoms. The summed E-state index contributed by atoms with van der Waals surface area (Å²) in [7, 11) is 0. The number of alkyl carbamates (subject to hydrolysis) is 1. The maximum Gasteiger partial charge on any atom is 0.408 e. The SMILES string of the molecule is CC(NC(=O)OC(C)(C)C)C(=O)NC(C)(C)C(=O)NC(C)C(=O)NC(C)(C)C(=O)NC(C)C(=O)NC(C)(C)C(=O)NC(C)C(=O)NC(C)(C)C(=O)NC(C)C(=O)NC(C)(C)C(=O)NC(C)C(=O)NC(C)(C)C(=O)NC(C)C(=O)NC(C)(C)C(=O)NC(C)C(=O)NC(C)(C)C(=O)O. The zero-order valence-electron chi connectivity index (χ0n) is 60.4. The predicted octanol–water partition coefficient (Wildman–Crippen LogP) is -3.32. The summed E-state index contributed by atoms with van der Waals surface area (Å²) in [5.74, 6) is -13.9. The first-order chi connectivity index (χ1) is 42.9. The number of amides is 16. The van der Waals surface area contributed by atoms with Crippen molar-refractivity contribution in [3.63, 3.8) is 0 Å². The topological polar surface area (TPSA) is 512 Å². The third-order valence-corrected chi connectivity index (χ3v) is 14.3. The summed E-state index contributed by atoms with van der Waals surface area (Å²) in [6, 6.07) is -10.2. The van der Waals surface area contributed by atoms with E-state index >= 15 is 0 Å². The molecule has 544 valence electrons. The molecule has 0 spiro atoms. The summed E-state index contributed by atoms with van der Waals surface area (Å²) in [5.41, 5.74) is -14.3. The van der Waals surface area contributed by atoms with Crippen LogP contribution in [0.4, 0.5) is 4.79 Å². The Morgan fingerprint density at radius 2 is 0.354 bits per heavy atom. The Labute approximate surface area is 560 Å². The third-order valence-electron chi connectivity index (χ3n) is 14.3. The van der Waals surface area contributed by atoms with E-state index in [-0.39, 0.29) is 0 Å². The summed E-state index contributed by atoms with van der Waals surface area (Å²) >= 11 is 0. The van der Waals surface area contributed by atoms with Gasteiger partial charge in [0.1, 0.15) is 98.2 Å². The molecule has 0 saturated heterocycles. The fraction of sp³-hybridized carbons (Fsp3) is 0.721. The van der Waals surface area contributed by atoms with Crippen molar-refractivity contribution in [2.45, 2.75) is 285 Å². The number of hydrogen-bond acceptors (Lipinski definition) is 18. The van der Waals surface area contributed by atoms with Crippen molar-refractivity contribution in [3.05, 3.63) is 0 Å². The van der Waals surface area contributed by atoms with Crippen molar-refractivity contribution in [1.82, 2.24) is 85.1 Å². The van der Waals surface area contributed by atoms with Gasteiger partial charge in [-0.25, -0.2) is 9.59 Å². The molecule has 0 bridgehead atoms. The first-order valence-electron chi connectivity index (χ1n) is 30.8. The minimum absolute atomic E-state index is 0.729. The van der Waals surface area contributed by atoms with Crippen molar-refractivity contribution in [2.24, 2.45) is 0 Å². The molecular weight excluding hydrogens is 1260 g/mol. The van der Waals surface area contributed by atoms with E-state index < -0.39 is 199 Å². The van der Waals surface area contributed by atoms with E-state index in [1.165, 1.54) is 166 Å². The Balaban J connectivity index is 5.47. The number of carbonyl (C=O) groups excluding carboxylic acids is 16. The number of carbonyl (C=O) groups is 17. The molecule has 0 saturated carbocycles. The molecule has 0 rings (SSSR count). The van der Waals surface area contributed by atoms with Gasteiger partial charge in [-0.3, -0.25) is 71.9 Å². The minimum atomic E-state index is -1.74. The molecule has 35 nitrogen and oxygen atoms in total. The molecule has 0 aliphatic rings. The minimum Gasteiger partial charge on any atom is -0.480 e. The molecule has 0 aromatic carbocycles. The standard InChI is InChI=1S/C61H106N16O19/c1-28(36(78)71-55(14,15)45(87)64-30(3)38(80)73-57(18,19)47(89)66-32(5)40(82)75-59(22,23)49(91)68-34(7)42(84)77-61(26,27)51(93)94)62-44(86)54(12,13)70-37(79)29(2)63-46(88)56(16,17)72-39(81)31(4)65-48(90)58(20,21)74-41(83)33(6)67-50(92)60(24,25)76-43(85)35(8)69-52(95)96-53(9,10)11/h28-35H,1-27H3,(H,62,86)(H,63,88)(H,64,87)(H,65,90)(H,66,89)(H,67,92)(H,68,91)(H,69,95)(H,70,79)(H,71,78)(H,72,81)(H,73,80)(H,74,83)(H,75,82)(H,76,85)(H,77,84)(H,93,94). The maximum absolute atomic E-state index is 13.5. The number of nitrogens with one attached hydrogen (secondary N) is 16. The Kier molecular flexibility index (Phi) is 29.8. The quantitative estimate of drug-likeness (QED) is 0.0313. The van der Waals surface area contributed by atoms with Gasteiger partial charge in [-0.2, -0.15) is 0 Å². The van der Waals surface area contributed by atoms with Crippen LogP contribution in [0.5, 0.6) is 0 Å². The largest absolute Gasteiger partial charge is 0.480 e. The lowest BCUT2D eigenvalue weighted by atomic mass is 10.0. The van der Waals surface area contributed by atoms with Gasteiger partial charge < -0.3 is 94.9 Å². The number of carboxylic acid groups (broad SMARTS) is 1. The van der Waals surface area contributed by atoms with E-state index in [2.05, 4.69) is 85.1 Å². The lowest BCUT2D eigenvalue weighted by molar-refractivity contribution is -0.146. The number of rotatable bonds is 32. The van der Waals surface area contributed by atoms with Gasteiger partial charge in [0.25, 0.3) is 0 Å². The molecule has 8 unspecified atom stereocenters. The monoisotopic (exact) mass is 1370 g/mol. The van der Waals surface area contributed by atoms with E-state index in [0.717, 1.165) is 0 Å². The van der Waals surface area contributed by atoms with Crippen molar-refractivity contribution in [3.8, 4) is 0 Å². The first-order valence-corrected chi connectivity index (χ1v) is 30.8. The van der Waals surface area contributed by atoms with Crippen LogP contribution in [0.1, 0.15) is 187 Å². The fourth-order valence-electron chi connectivity index (χ4n) is 7.43. The van der Waals surface area contributed by atoms with Crippen LogP contribution >= 0.6 is 0 Å². The molecule has 0 radical (unpaired) electrons. The Morgan fingerprint density at radius 1 is 0.229 bits per heavy atom. The van der Waals surface area contributed by atoms with Gasteiger partial charge in [-0.1, -0.05) is 0 Å². The van der Waals surface area contributed by atoms with Crippen LogP contribution < -0.4 is 85.1 Å². The molecule has 8 atom stereocenters.